The quantitative estimate of drug-likeness (QED) is 0.432. The SMILES string of the molecule is Nc1nc2sc(C(=O)NC3COC3)cc2n(-c2ccc3ccn(-c4ccccc4)c3c2)c1=O. The van der Waals surface area contributed by atoms with Crippen LogP contribution < -0.4 is 16.6 Å². The summed E-state index contributed by atoms with van der Waals surface area (Å²) in [5, 5.41) is 3.97. The Bertz CT molecular complexity index is 1580. The maximum absolute atomic E-state index is 13.1. The third kappa shape index (κ3) is 3.29. The molecule has 1 aliphatic heterocycles. The Morgan fingerprint density at radius 3 is 2.64 bits per heavy atom. The second-order valence-corrected chi connectivity index (χ2v) is 8.94. The molecular weight excluding hydrogens is 438 g/mol. The maximum atomic E-state index is 13.1. The van der Waals surface area contributed by atoms with Gasteiger partial charge in [0, 0.05) is 17.3 Å². The van der Waals surface area contributed by atoms with E-state index in [1.807, 2.05) is 60.8 Å². The Balaban J connectivity index is 1.51. The molecule has 33 heavy (non-hydrogen) atoms. The van der Waals surface area contributed by atoms with Gasteiger partial charge in [-0.05, 0) is 36.4 Å². The van der Waals surface area contributed by atoms with Gasteiger partial charge in [0.05, 0.1) is 40.9 Å². The largest absolute Gasteiger partial charge is 0.379 e. The van der Waals surface area contributed by atoms with E-state index in [1.165, 1.54) is 15.9 Å². The van der Waals surface area contributed by atoms with E-state index in [2.05, 4.69) is 14.9 Å². The predicted octanol–water partition coefficient (Wildman–Crippen LogP) is 3.10. The van der Waals surface area contributed by atoms with E-state index in [4.69, 9.17) is 10.5 Å². The third-order valence-corrected chi connectivity index (χ3v) is 6.76. The first-order valence-corrected chi connectivity index (χ1v) is 11.3. The zero-order chi connectivity index (χ0) is 22.5. The normalized spacial score (nSPS) is 13.9. The number of nitrogens with one attached hydrogen (secondary N) is 1. The Labute approximate surface area is 191 Å². The summed E-state index contributed by atoms with van der Waals surface area (Å²) in [6.45, 7) is 1.02. The van der Waals surface area contributed by atoms with Crippen molar-refractivity contribution >= 4 is 44.3 Å². The summed E-state index contributed by atoms with van der Waals surface area (Å²) in [5.74, 6) is -0.320. The molecule has 8 nitrogen and oxygen atoms in total. The fourth-order valence-electron chi connectivity index (χ4n) is 4.01. The van der Waals surface area contributed by atoms with Gasteiger partial charge in [0.2, 0.25) is 0 Å². The van der Waals surface area contributed by atoms with Crippen molar-refractivity contribution in [3.63, 3.8) is 0 Å². The molecule has 0 aliphatic carbocycles. The molecule has 6 rings (SSSR count). The van der Waals surface area contributed by atoms with Crippen molar-refractivity contribution in [2.45, 2.75) is 6.04 Å². The second-order valence-electron chi connectivity index (χ2n) is 7.91. The molecule has 0 unspecified atom stereocenters. The number of ether oxygens (including phenoxy) is 1. The summed E-state index contributed by atoms with van der Waals surface area (Å²) >= 11 is 1.21. The van der Waals surface area contributed by atoms with Gasteiger partial charge in [0.25, 0.3) is 11.5 Å². The number of rotatable bonds is 4. The molecule has 2 aromatic carbocycles. The average molecular weight is 458 g/mol. The van der Waals surface area contributed by atoms with Crippen LogP contribution in [-0.2, 0) is 4.74 Å². The molecule has 1 amide bonds. The molecule has 0 bridgehead atoms. The van der Waals surface area contributed by atoms with Crippen LogP contribution in [0, 0.1) is 0 Å². The van der Waals surface area contributed by atoms with Crippen LogP contribution in [0.2, 0.25) is 0 Å². The molecule has 1 fully saturated rings. The molecule has 3 N–H and O–H groups in total. The Morgan fingerprint density at radius 2 is 1.88 bits per heavy atom. The molecule has 9 heteroatoms. The van der Waals surface area contributed by atoms with Crippen molar-refractivity contribution in [3.8, 4) is 11.4 Å². The first kappa shape index (κ1) is 19.7. The third-order valence-electron chi connectivity index (χ3n) is 5.75. The van der Waals surface area contributed by atoms with Crippen LogP contribution in [0.15, 0.2) is 71.7 Å². The molecule has 0 radical (unpaired) electrons. The van der Waals surface area contributed by atoms with E-state index >= 15 is 0 Å². The highest BCUT2D eigenvalue weighted by Gasteiger charge is 2.23. The fraction of sp³-hybridized carbons (Fsp3) is 0.125. The molecule has 4 heterocycles. The highest BCUT2D eigenvalue weighted by molar-refractivity contribution is 7.20. The molecule has 1 aliphatic rings. The average Bonchev–Trinajstić information content (AvgIpc) is 3.41. The van der Waals surface area contributed by atoms with Crippen molar-refractivity contribution in [1.82, 2.24) is 19.4 Å². The predicted molar refractivity (Wildman–Crippen MR) is 129 cm³/mol. The molecular formula is C24H19N5O3S. The van der Waals surface area contributed by atoms with Gasteiger partial charge in [-0.25, -0.2) is 4.98 Å². The number of amides is 1. The lowest BCUT2D eigenvalue weighted by atomic mass is 10.2. The van der Waals surface area contributed by atoms with E-state index < -0.39 is 5.56 Å². The number of para-hydroxylation sites is 1. The van der Waals surface area contributed by atoms with Crippen molar-refractivity contribution in [1.29, 1.82) is 0 Å². The zero-order valence-corrected chi connectivity index (χ0v) is 18.2. The monoisotopic (exact) mass is 457 g/mol. The molecule has 5 aromatic rings. The molecule has 0 atom stereocenters. The van der Waals surface area contributed by atoms with Gasteiger partial charge in [-0.3, -0.25) is 14.2 Å². The first-order valence-electron chi connectivity index (χ1n) is 10.5. The number of aromatic nitrogens is 3. The van der Waals surface area contributed by atoms with Gasteiger partial charge < -0.3 is 20.4 Å². The van der Waals surface area contributed by atoms with Crippen LogP contribution in [0.25, 0.3) is 32.6 Å². The van der Waals surface area contributed by atoms with Gasteiger partial charge in [0.15, 0.2) is 5.82 Å². The lowest BCUT2D eigenvalue weighted by molar-refractivity contribution is -0.00338. The van der Waals surface area contributed by atoms with E-state index in [9.17, 15) is 9.59 Å². The lowest BCUT2D eigenvalue weighted by Crippen LogP contribution is -2.48. The summed E-state index contributed by atoms with van der Waals surface area (Å²) < 4.78 is 8.72. The number of nitrogen functional groups attached to an aromatic ring is 1. The van der Waals surface area contributed by atoms with E-state index in [1.54, 1.807) is 6.07 Å². The van der Waals surface area contributed by atoms with Gasteiger partial charge in [0.1, 0.15) is 4.83 Å². The van der Waals surface area contributed by atoms with Crippen LogP contribution in [0.1, 0.15) is 9.67 Å². The first-order chi connectivity index (χ1) is 16.1. The van der Waals surface area contributed by atoms with Gasteiger partial charge in [-0.1, -0.05) is 24.3 Å². The second kappa shape index (κ2) is 7.58. The maximum Gasteiger partial charge on any atom is 0.298 e. The van der Waals surface area contributed by atoms with Crippen LogP contribution >= 0.6 is 11.3 Å². The number of thiophene rings is 1. The summed E-state index contributed by atoms with van der Waals surface area (Å²) in [5.41, 5.74) is 8.73. The lowest BCUT2D eigenvalue weighted by Gasteiger charge is -2.26. The summed E-state index contributed by atoms with van der Waals surface area (Å²) in [6, 6.07) is 19.5. The van der Waals surface area contributed by atoms with Crippen LogP contribution in [0.4, 0.5) is 5.82 Å². The van der Waals surface area contributed by atoms with Gasteiger partial charge >= 0.3 is 0 Å². The van der Waals surface area contributed by atoms with Gasteiger partial charge in [-0.2, -0.15) is 0 Å². The number of nitrogens with two attached hydrogens (primary N) is 1. The number of benzene rings is 2. The minimum atomic E-state index is -0.420. The van der Waals surface area contributed by atoms with Crippen molar-refractivity contribution in [2.75, 3.05) is 18.9 Å². The summed E-state index contributed by atoms with van der Waals surface area (Å²) in [4.78, 5) is 31.0. The highest BCUT2D eigenvalue weighted by Crippen LogP contribution is 2.28. The summed E-state index contributed by atoms with van der Waals surface area (Å²) in [7, 11) is 0. The van der Waals surface area contributed by atoms with Crippen LogP contribution in [-0.4, -0.2) is 39.3 Å². The zero-order valence-electron chi connectivity index (χ0n) is 17.4. The Hall–Kier alpha value is -3.95. The number of hydrogen-bond acceptors (Lipinski definition) is 6. The minimum absolute atomic E-state index is 0.0103. The van der Waals surface area contributed by atoms with Crippen LogP contribution in [0.5, 0.6) is 0 Å². The number of anilines is 1. The molecule has 0 spiro atoms. The molecule has 3 aromatic heterocycles. The van der Waals surface area contributed by atoms with Crippen molar-refractivity contribution in [2.24, 2.45) is 0 Å². The summed E-state index contributed by atoms with van der Waals surface area (Å²) in [6.07, 6.45) is 2.00. The highest BCUT2D eigenvalue weighted by atomic mass is 32.1. The smallest absolute Gasteiger partial charge is 0.298 e. The molecule has 164 valence electrons. The van der Waals surface area contributed by atoms with Crippen LogP contribution in [0.3, 0.4) is 0 Å². The molecule has 0 saturated carbocycles. The number of carbonyl (C=O) groups excluding carboxylic acids is 1. The fourth-order valence-corrected chi connectivity index (χ4v) is 4.94. The Kier molecular flexibility index (Phi) is 4.53. The van der Waals surface area contributed by atoms with E-state index in [-0.39, 0.29) is 17.8 Å². The standard InChI is InChI=1S/C24H19N5O3S/c25-21-24(31)29(19-11-20(33-23(19)27-21)22(30)26-15-12-32-13-15)17-7-6-14-8-9-28(18(14)10-17)16-4-2-1-3-5-16/h1-11,15H,12-13H2,(H2,25,27)(H,26,30). The number of hydrogen-bond donors (Lipinski definition) is 2. The number of carbonyl (C=O) groups is 1. The number of nitrogens with zero attached hydrogens (tertiary/aromatic N) is 3. The minimum Gasteiger partial charge on any atom is -0.379 e. The van der Waals surface area contributed by atoms with Crippen molar-refractivity contribution < 1.29 is 9.53 Å². The molecule has 1 saturated heterocycles. The number of fused-ring (bicyclic) bond motifs is 2. The topological polar surface area (TPSA) is 104 Å². The van der Waals surface area contributed by atoms with Gasteiger partial charge in [-0.15, -0.1) is 11.3 Å². The Morgan fingerprint density at radius 1 is 1.06 bits per heavy atom. The van der Waals surface area contributed by atoms with Crippen molar-refractivity contribution in [3.05, 3.63) is 82.1 Å². The van der Waals surface area contributed by atoms with E-state index in [0.717, 1.165) is 16.6 Å². The van der Waals surface area contributed by atoms with E-state index in [0.29, 0.717) is 34.1 Å².